The Morgan fingerprint density at radius 1 is 1.15 bits per heavy atom. The van der Waals surface area contributed by atoms with Gasteiger partial charge in [-0.3, -0.25) is 9.78 Å². The lowest BCUT2D eigenvalue weighted by atomic mass is 10.0. The first-order chi connectivity index (χ1) is 12.8. The molecule has 4 aromatic heterocycles. The van der Waals surface area contributed by atoms with Crippen LogP contribution in [0.15, 0.2) is 60.5 Å². The summed E-state index contributed by atoms with van der Waals surface area (Å²) >= 11 is 1.48. The first kappa shape index (κ1) is 16.5. The molecule has 0 aliphatic heterocycles. The van der Waals surface area contributed by atoms with Gasteiger partial charge in [0.15, 0.2) is 0 Å². The summed E-state index contributed by atoms with van der Waals surface area (Å²) in [6.07, 6.45) is 8.75. The molecular weight excluding hydrogens is 344 g/mol. The summed E-state index contributed by atoms with van der Waals surface area (Å²) in [5, 5.41) is 6.09. The lowest BCUT2D eigenvalue weighted by molar-refractivity contribution is 0.0957. The number of H-pyrrole nitrogens is 1. The number of aromatic nitrogens is 3. The van der Waals surface area contributed by atoms with Crippen LogP contribution in [0, 0.1) is 0 Å². The number of rotatable bonds is 6. The number of aromatic amines is 1. The lowest BCUT2D eigenvalue weighted by Crippen LogP contribution is -2.25. The van der Waals surface area contributed by atoms with E-state index in [9.17, 15) is 4.79 Å². The van der Waals surface area contributed by atoms with E-state index in [1.165, 1.54) is 16.9 Å². The van der Waals surface area contributed by atoms with Crippen LogP contribution in [0.4, 0.5) is 0 Å². The van der Waals surface area contributed by atoms with E-state index in [2.05, 4.69) is 20.3 Å². The Hall–Kier alpha value is -2.99. The summed E-state index contributed by atoms with van der Waals surface area (Å²) in [4.78, 5) is 24.9. The Kier molecular flexibility index (Phi) is 4.75. The Labute approximate surface area is 155 Å². The van der Waals surface area contributed by atoms with Gasteiger partial charge >= 0.3 is 0 Å². The van der Waals surface area contributed by atoms with Crippen LogP contribution in [0.25, 0.3) is 11.0 Å². The third kappa shape index (κ3) is 3.50. The van der Waals surface area contributed by atoms with Crippen molar-refractivity contribution in [2.24, 2.45) is 0 Å². The number of hydrogen-bond acceptors (Lipinski definition) is 4. The van der Waals surface area contributed by atoms with E-state index in [4.69, 9.17) is 0 Å². The van der Waals surface area contributed by atoms with Gasteiger partial charge in [0.2, 0.25) is 0 Å². The summed E-state index contributed by atoms with van der Waals surface area (Å²) in [5.74, 6) is -0.0155. The molecule has 0 aliphatic rings. The third-order valence-electron chi connectivity index (χ3n) is 4.31. The maximum atomic E-state index is 12.6. The van der Waals surface area contributed by atoms with Crippen LogP contribution in [-0.2, 0) is 12.8 Å². The molecule has 4 heterocycles. The van der Waals surface area contributed by atoms with Crippen molar-refractivity contribution in [2.45, 2.75) is 12.8 Å². The second kappa shape index (κ2) is 7.49. The van der Waals surface area contributed by atoms with Crippen molar-refractivity contribution in [2.75, 3.05) is 6.54 Å². The van der Waals surface area contributed by atoms with E-state index in [-0.39, 0.29) is 5.91 Å². The van der Waals surface area contributed by atoms with E-state index < -0.39 is 0 Å². The zero-order valence-electron chi connectivity index (χ0n) is 14.1. The number of hydrogen-bond donors (Lipinski definition) is 2. The van der Waals surface area contributed by atoms with Gasteiger partial charge in [0.1, 0.15) is 5.65 Å². The number of pyridine rings is 2. The number of thiophene rings is 1. The topological polar surface area (TPSA) is 70.7 Å². The average molecular weight is 362 g/mol. The summed E-state index contributed by atoms with van der Waals surface area (Å²) in [6.45, 7) is 0.596. The number of fused-ring (bicyclic) bond motifs is 1. The first-order valence-corrected chi connectivity index (χ1v) is 9.33. The van der Waals surface area contributed by atoms with Crippen LogP contribution in [0.5, 0.6) is 0 Å². The van der Waals surface area contributed by atoms with Crippen molar-refractivity contribution < 1.29 is 4.79 Å². The molecule has 0 saturated heterocycles. The highest BCUT2D eigenvalue weighted by atomic mass is 32.1. The van der Waals surface area contributed by atoms with Crippen molar-refractivity contribution >= 4 is 28.3 Å². The number of amides is 1. The van der Waals surface area contributed by atoms with Crippen molar-refractivity contribution in [1.29, 1.82) is 0 Å². The second-order valence-corrected chi connectivity index (χ2v) is 6.95. The standard InChI is InChI=1S/C20H18N4OS/c25-20(24-8-3-14-2-1-7-21-13-14)18-16(6-11-26-18)12-15-4-9-22-19-17(15)5-10-23-19/h1-2,4-7,9-11,13H,3,8,12H2,(H,22,23)(H,24,25). The van der Waals surface area contributed by atoms with E-state index >= 15 is 0 Å². The van der Waals surface area contributed by atoms with Gasteiger partial charge in [-0.1, -0.05) is 6.07 Å². The van der Waals surface area contributed by atoms with Crippen molar-refractivity contribution in [3.05, 3.63) is 82.1 Å². The van der Waals surface area contributed by atoms with Gasteiger partial charge in [0.05, 0.1) is 4.88 Å². The van der Waals surface area contributed by atoms with Crippen LogP contribution in [0.2, 0.25) is 0 Å². The zero-order chi connectivity index (χ0) is 17.8. The maximum Gasteiger partial charge on any atom is 0.261 e. The van der Waals surface area contributed by atoms with Gasteiger partial charge in [0, 0.05) is 36.7 Å². The monoisotopic (exact) mass is 362 g/mol. The minimum absolute atomic E-state index is 0.0155. The highest BCUT2D eigenvalue weighted by molar-refractivity contribution is 7.12. The van der Waals surface area contributed by atoms with Gasteiger partial charge in [-0.25, -0.2) is 4.98 Å². The molecule has 4 aromatic rings. The molecule has 0 unspecified atom stereocenters. The third-order valence-corrected chi connectivity index (χ3v) is 5.26. The van der Waals surface area contributed by atoms with E-state index in [1.807, 2.05) is 48.1 Å². The molecule has 26 heavy (non-hydrogen) atoms. The molecule has 5 nitrogen and oxygen atoms in total. The molecular formula is C20H18N4OS. The Balaban J connectivity index is 1.44. The number of nitrogens with zero attached hydrogens (tertiary/aromatic N) is 2. The van der Waals surface area contributed by atoms with Crippen LogP contribution >= 0.6 is 11.3 Å². The predicted octanol–water partition coefficient (Wildman–Crippen LogP) is 3.58. The van der Waals surface area contributed by atoms with Crippen LogP contribution in [-0.4, -0.2) is 27.4 Å². The summed E-state index contributed by atoms with van der Waals surface area (Å²) in [7, 11) is 0. The minimum Gasteiger partial charge on any atom is -0.351 e. The minimum atomic E-state index is -0.0155. The van der Waals surface area contributed by atoms with Gasteiger partial charge < -0.3 is 10.3 Å². The fraction of sp³-hybridized carbons (Fsp3) is 0.150. The van der Waals surface area contributed by atoms with E-state index in [0.717, 1.165) is 33.5 Å². The predicted molar refractivity (Wildman–Crippen MR) is 103 cm³/mol. The molecule has 0 fully saturated rings. The molecule has 4 rings (SSSR count). The quantitative estimate of drug-likeness (QED) is 0.551. The molecule has 0 saturated carbocycles. The van der Waals surface area contributed by atoms with E-state index in [1.54, 1.807) is 12.4 Å². The largest absolute Gasteiger partial charge is 0.351 e. The smallest absolute Gasteiger partial charge is 0.261 e. The molecule has 1 amide bonds. The Bertz CT molecular complexity index is 1020. The van der Waals surface area contributed by atoms with Gasteiger partial charge in [-0.05, 0) is 59.2 Å². The van der Waals surface area contributed by atoms with Crippen molar-refractivity contribution in [3.8, 4) is 0 Å². The van der Waals surface area contributed by atoms with Crippen LogP contribution in [0.3, 0.4) is 0 Å². The number of carbonyl (C=O) groups excluding carboxylic acids is 1. The van der Waals surface area contributed by atoms with Crippen LogP contribution < -0.4 is 5.32 Å². The molecule has 0 atom stereocenters. The van der Waals surface area contributed by atoms with Crippen molar-refractivity contribution in [3.63, 3.8) is 0 Å². The molecule has 2 N–H and O–H groups in total. The number of nitrogens with one attached hydrogen (secondary N) is 2. The van der Waals surface area contributed by atoms with Gasteiger partial charge in [-0.2, -0.15) is 0 Å². The zero-order valence-corrected chi connectivity index (χ0v) is 14.9. The molecule has 0 spiro atoms. The summed E-state index contributed by atoms with van der Waals surface area (Å²) < 4.78 is 0. The molecule has 0 aromatic carbocycles. The van der Waals surface area contributed by atoms with Gasteiger partial charge in [0.25, 0.3) is 5.91 Å². The first-order valence-electron chi connectivity index (χ1n) is 8.46. The highest BCUT2D eigenvalue weighted by Gasteiger charge is 2.14. The Morgan fingerprint density at radius 3 is 3.00 bits per heavy atom. The number of carbonyl (C=O) groups is 1. The van der Waals surface area contributed by atoms with Crippen LogP contribution in [0.1, 0.15) is 26.4 Å². The summed E-state index contributed by atoms with van der Waals surface area (Å²) in [6, 6.07) is 9.99. The average Bonchev–Trinajstić information content (AvgIpc) is 3.32. The fourth-order valence-electron chi connectivity index (χ4n) is 3.00. The van der Waals surface area contributed by atoms with E-state index in [0.29, 0.717) is 13.0 Å². The van der Waals surface area contributed by atoms with Gasteiger partial charge in [-0.15, -0.1) is 11.3 Å². The molecule has 0 bridgehead atoms. The highest BCUT2D eigenvalue weighted by Crippen LogP contribution is 2.24. The molecule has 0 radical (unpaired) electrons. The molecule has 130 valence electrons. The molecule has 6 heteroatoms. The summed E-state index contributed by atoms with van der Waals surface area (Å²) in [5.41, 5.74) is 4.20. The molecule has 0 aliphatic carbocycles. The maximum absolute atomic E-state index is 12.6. The normalized spacial score (nSPS) is 10.9. The second-order valence-electron chi connectivity index (χ2n) is 6.03. The lowest BCUT2D eigenvalue weighted by Gasteiger charge is -2.07. The SMILES string of the molecule is O=C(NCCc1cccnc1)c1sccc1Cc1ccnc2[nH]ccc12. The van der Waals surface area contributed by atoms with Crippen molar-refractivity contribution in [1.82, 2.24) is 20.3 Å². The fourth-order valence-corrected chi connectivity index (χ4v) is 3.84. The Morgan fingerprint density at radius 2 is 2.12 bits per heavy atom.